The molecular weight excluding hydrogens is 1420 g/mol. The van der Waals surface area contributed by atoms with Gasteiger partial charge >= 0.3 is 0 Å². The highest BCUT2D eigenvalue weighted by Crippen LogP contribution is 2.59. The van der Waals surface area contributed by atoms with Crippen LogP contribution in [0.4, 0.5) is 0 Å². The summed E-state index contributed by atoms with van der Waals surface area (Å²) in [6.45, 7) is 9.60. The van der Waals surface area contributed by atoms with Crippen LogP contribution in [0.5, 0.6) is 0 Å². The van der Waals surface area contributed by atoms with Gasteiger partial charge in [-0.2, -0.15) is 0 Å². The first-order valence-electron chi connectivity index (χ1n) is 41.6. The normalized spacial score (nSPS) is 13.2. The maximum absolute atomic E-state index is 2.45. The second-order valence-corrected chi connectivity index (χ2v) is 33.8. The van der Waals surface area contributed by atoms with E-state index in [0.29, 0.717) is 0 Å². The molecule has 23 aromatic carbocycles. The van der Waals surface area contributed by atoms with Gasteiger partial charge in [0.15, 0.2) is 0 Å². The fraction of sp³-hybridized carbons (Fsp3) is 0.0508. The van der Waals surface area contributed by atoms with Crippen molar-refractivity contribution in [3.8, 4) is 89.0 Å². The molecule has 0 aliphatic heterocycles. The quantitative estimate of drug-likeness (QED) is 0.115. The molecule has 2 aliphatic carbocycles. The van der Waals surface area contributed by atoms with Crippen LogP contribution in [0.25, 0.3) is 229 Å². The average Bonchev–Trinajstić information content (AvgIpc) is 1.53. The predicted octanol–water partition coefficient (Wildman–Crippen LogP) is 33.0. The minimum Gasteiger partial charge on any atom is -0.0616 e. The molecule has 0 radical (unpaired) electrons. The zero-order chi connectivity index (χ0) is 78.2. The van der Waals surface area contributed by atoms with E-state index in [2.05, 4.69) is 428 Å². The molecule has 0 saturated heterocycles. The Balaban J connectivity index is 0.000000135. The first-order chi connectivity index (χ1) is 58.1. The van der Waals surface area contributed by atoms with E-state index in [1.807, 2.05) is 0 Å². The second-order valence-electron chi connectivity index (χ2n) is 33.8. The third kappa shape index (κ3) is 9.97. The number of benzene rings is 23. The lowest BCUT2D eigenvalue weighted by atomic mass is 9.79. The minimum atomic E-state index is -0.113. The van der Waals surface area contributed by atoms with Crippen LogP contribution in [0.3, 0.4) is 0 Å². The van der Waals surface area contributed by atoms with Crippen LogP contribution < -0.4 is 0 Å². The van der Waals surface area contributed by atoms with Gasteiger partial charge in [-0.05, 0) is 276 Å². The summed E-state index contributed by atoms with van der Waals surface area (Å²) in [6.07, 6.45) is 0. The van der Waals surface area contributed by atoms with Crippen molar-refractivity contribution in [1.82, 2.24) is 0 Å². The van der Waals surface area contributed by atoms with Gasteiger partial charge in [0.2, 0.25) is 0 Å². The molecule has 0 fully saturated rings. The Morgan fingerprint density at radius 1 is 0.144 bits per heavy atom. The number of rotatable bonds is 6. The van der Waals surface area contributed by atoms with Crippen LogP contribution in [0.1, 0.15) is 49.9 Å². The molecule has 0 nitrogen and oxygen atoms in total. The standard InChI is InChI=1S/C61H40.C57H38/c1-61(2)55-34-33-40(35-54(55)59-47-21-9-5-17-43(47)44-18-7-14-26-52(44)60(59)61)37-27-30-39(31-28-37)56-48-22-10-12-24-50(48)58(51-25-13-11-23-49(51)56)53-36-41-32-29-38-15-3-4-16-42(38)57(41)46-20-8-6-19-45(46)53;1-57(2)52-32-31-37(33-51(52)55-44-21-9-7-18-41(44)42-19-8-14-26-49(42)56(55)57)35-27-29-36(30-28-35)53-45-22-10-12-24-47(45)54(48-25-13-11-23-46(48)53)50-34-38-15-3-4-16-39(38)40-17-5-6-20-43(40)50/h3-36H,1-2H3;3-34H,1-2H3. The smallest absolute Gasteiger partial charge is 0.0165 e. The van der Waals surface area contributed by atoms with Gasteiger partial charge in [-0.1, -0.05) is 404 Å². The average molecular weight is 1500 g/mol. The Kier molecular flexibility index (Phi) is 14.9. The summed E-state index contributed by atoms with van der Waals surface area (Å²) < 4.78 is 0. The third-order valence-corrected chi connectivity index (χ3v) is 27.0. The summed E-state index contributed by atoms with van der Waals surface area (Å²) in [7, 11) is 0. The van der Waals surface area contributed by atoms with Gasteiger partial charge in [0.05, 0.1) is 0 Å². The predicted molar refractivity (Wildman–Crippen MR) is 508 cm³/mol. The second kappa shape index (κ2) is 26.0. The summed E-state index contributed by atoms with van der Waals surface area (Å²) in [5.74, 6) is 0. The fourth-order valence-corrected chi connectivity index (χ4v) is 21.8. The summed E-state index contributed by atoms with van der Waals surface area (Å²) >= 11 is 0. The largest absolute Gasteiger partial charge is 0.0616 e. The highest BCUT2D eigenvalue weighted by Gasteiger charge is 2.41. The highest BCUT2D eigenvalue weighted by molar-refractivity contribution is 6.30. The Morgan fingerprint density at radius 3 is 0.797 bits per heavy atom. The van der Waals surface area contributed by atoms with Crippen LogP contribution in [0.2, 0.25) is 0 Å². The monoisotopic (exact) mass is 1490 g/mol. The van der Waals surface area contributed by atoms with Crippen molar-refractivity contribution >= 4 is 140 Å². The highest BCUT2D eigenvalue weighted by atomic mass is 14.4. The molecule has 0 spiro atoms. The van der Waals surface area contributed by atoms with Crippen LogP contribution in [-0.4, -0.2) is 0 Å². The van der Waals surface area contributed by atoms with E-state index in [1.54, 1.807) is 0 Å². The van der Waals surface area contributed by atoms with E-state index >= 15 is 0 Å². The van der Waals surface area contributed by atoms with Crippen molar-refractivity contribution in [2.45, 2.75) is 38.5 Å². The van der Waals surface area contributed by atoms with Crippen LogP contribution in [-0.2, 0) is 10.8 Å². The molecule has 0 saturated carbocycles. The molecule has 0 unspecified atom stereocenters. The van der Waals surface area contributed by atoms with E-state index in [0.717, 1.165) is 0 Å². The van der Waals surface area contributed by atoms with E-state index < -0.39 is 0 Å². The van der Waals surface area contributed by atoms with Crippen LogP contribution >= 0.6 is 0 Å². The molecule has 2 aliphatic rings. The molecule has 0 amide bonds. The molecule has 0 N–H and O–H groups in total. The number of fused-ring (bicyclic) bond motifs is 28. The van der Waals surface area contributed by atoms with Crippen molar-refractivity contribution in [3.05, 3.63) is 423 Å². The van der Waals surface area contributed by atoms with Gasteiger partial charge in [-0.25, -0.2) is 0 Å². The van der Waals surface area contributed by atoms with Gasteiger partial charge in [0, 0.05) is 10.8 Å². The van der Waals surface area contributed by atoms with Gasteiger partial charge in [-0.3, -0.25) is 0 Å². The minimum absolute atomic E-state index is 0.107. The molecule has 0 atom stereocenters. The maximum atomic E-state index is 2.45. The van der Waals surface area contributed by atoms with Crippen molar-refractivity contribution < 1.29 is 0 Å². The van der Waals surface area contributed by atoms with Gasteiger partial charge in [0.25, 0.3) is 0 Å². The summed E-state index contributed by atoms with van der Waals surface area (Å²) in [5, 5.41) is 33.7. The molecule has 0 heteroatoms. The van der Waals surface area contributed by atoms with E-state index in [4.69, 9.17) is 0 Å². The van der Waals surface area contributed by atoms with Crippen molar-refractivity contribution in [2.75, 3.05) is 0 Å². The number of hydrogen-bond donors (Lipinski definition) is 0. The summed E-state index contributed by atoms with van der Waals surface area (Å²) in [4.78, 5) is 0. The first kappa shape index (κ1) is 67.9. The topological polar surface area (TPSA) is 0 Å². The zero-order valence-corrected chi connectivity index (χ0v) is 66.1. The first-order valence-corrected chi connectivity index (χ1v) is 41.6. The summed E-state index contributed by atoms with van der Waals surface area (Å²) in [5.41, 5.74) is 26.0. The van der Waals surface area contributed by atoms with Crippen molar-refractivity contribution in [3.63, 3.8) is 0 Å². The molecule has 118 heavy (non-hydrogen) atoms. The Morgan fingerprint density at radius 2 is 0.398 bits per heavy atom. The van der Waals surface area contributed by atoms with Gasteiger partial charge in [-0.15, -0.1) is 0 Å². The van der Waals surface area contributed by atoms with E-state index in [9.17, 15) is 0 Å². The van der Waals surface area contributed by atoms with Gasteiger partial charge < -0.3 is 0 Å². The lowest BCUT2D eigenvalue weighted by Gasteiger charge is -2.24. The molecule has 550 valence electrons. The van der Waals surface area contributed by atoms with E-state index in [1.165, 1.54) is 251 Å². The Labute approximate surface area is 685 Å². The molecule has 0 heterocycles. The molecular formula is C118H78. The zero-order valence-electron chi connectivity index (χ0n) is 66.1. The maximum Gasteiger partial charge on any atom is 0.0165 e. The molecule has 0 aromatic heterocycles. The Bertz CT molecular complexity index is 8160. The third-order valence-electron chi connectivity index (χ3n) is 27.0. The molecule has 25 rings (SSSR count). The van der Waals surface area contributed by atoms with E-state index in [-0.39, 0.29) is 10.8 Å². The number of hydrogen-bond acceptors (Lipinski definition) is 0. The lowest BCUT2D eigenvalue weighted by molar-refractivity contribution is 0.666. The van der Waals surface area contributed by atoms with Crippen LogP contribution in [0, 0.1) is 0 Å². The van der Waals surface area contributed by atoms with Gasteiger partial charge in [0.1, 0.15) is 0 Å². The molecule has 23 aromatic rings. The lowest BCUT2D eigenvalue weighted by Crippen LogP contribution is -2.15. The summed E-state index contributed by atoms with van der Waals surface area (Å²) in [6, 6.07) is 150. The van der Waals surface area contributed by atoms with Crippen molar-refractivity contribution in [2.24, 2.45) is 0 Å². The molecule has 0 bridgehead atoms. The van der Waals surface area contributed by atoms with Crippen molar-refractivity contribution in [1.29, 1.82) is 0 Å². The fourth-order valence-electron chi connectivity index (χ4n) is 21.8. The van der Waals surface area contributed by atoms with Crippen LogP contribution in [0.15, 0.2) is 400 Å². The Hall–Kier alpha value is -14.6. The SMILES string of the molecule is CC1(C)c2ccc(-c3ccc(-c4c5ccccc5c(-c5cc6ccc7ccccc7c6c6ccccc56)c5ccccc45)cc3)cc2-c2c1c1ccccc1c1ccccc21.CC1(C)c2ccc(-c3ccc(-c4c5ccccc5c(-c5cc6ccccc6c6ccccc56)c5ccccc45)cc3)cc2-c2c1c1ccccc1c1ccccc21.